The standard InChI is InChI=1S/C27H27N3O2S2/c1-17-11-24-25(12-18(17)2)30-27(15-23(29-24)19-7-5-9-21(13-19)32-3)34-16-26(31)28-20-8-6-10-22(14-20)33-4/h5-14H,15-16H2,1-4H3,(H,28,31). The van der Waals surface area contributed by atoms with Gasteiger partial charge in [0.25, 0.3) is 0 Å². The summed E-state index contributed by atoms with van der Waals surface area (Å²) in [5, 5.41) is 3.85. The number of aryl methyl sites for hydroxylation is 2. The monoisotopic (exact) mass is 489 g/mol. The van der Waals surface area contributed by atoms with Crippen molar-refractivity contribution in [2.24, 2.45) is 9.98 Å². The second kappa shape index (κ2) is 10.9. The number of nitrogens with zero attached hydrogens (tertiary/aromatic N) is 2. The molecule has 0 bridgehead atoms. The minimum absolute atomic E-state index is 0.0598. The molecule has 7 heteroatoms. The fourth-order valence-electron chi connectivity index (χ4n) is 3.57. The summed E-state index contributed by atoms with van der Waals surface area (Å²) in [6, 6.07) is 19.9. The minimum Gasteiger partial charge on any atom is -0.497 e. The molecular formula is C27H27N3O2S2. The van der Waals surface area contributed by atoms with Crippen molar-refractivity contribution in [2.45, 2.75) is 25.2 Å². The molecule has 1 N–H and O–H groups in total. The van der Waals surface area contributed by atoms with E-state index < -0.39 is 0 Å². The van der Waals surface area contributed by atoms with Crippen molar-refractivity contribution in [1.82, 2.24) is 0 Å². The van der Waals surface area contributed by atoms with E-state index in [1.54, 1.807) is 18.9 Å². The predicted octanol–water partition coefficient (Wildman–Crippen LogP) is 6.96. The normalized spacial score (nSPS) is 12.8. The van der Waals surface area contributed by atoms with Gasteiger partial charge in [-0.15, -0.1) is 23.5 Å². The number of hydrogen-bond donors (Lipinski definition) is 1. The SMILES string of the molecule is COc1cccc(C2=Nc3cc(C)c(C)cc3N=C(SCC(=O)Nc3cccc(SC)c3)C2)c1. The number of thioether (sulfide) groups is 2. The Bertz CT molecular complexity index is 1280. The number of ether oxygens (including phenoxy) is 1. The third kappa shape index (κ3) is 5.90. The van der Waals surface area contributed by atoms with E-state index in [-0.39, 0.29) is 11.7 Å². The number of fused-ring (bicyclic) bond motifs is 1. The maximum Gasteiger partial charge on any atom is 0.234 e. The van der Waals surface area contributed by atoms with Crippen LogP contribution in [-0.4, -0.2) is 35.8 Å². The van der Waals surface area contributed by atoms with Gasteiger partial charge in [0, 0.05) is 22.6 Å². The van der Waals surface area contributed by atoms with Crippen molar-refractivity contribution in [3.05, 3.63) is 77.4 Å². The third-order valence-electron chi connectivity index (χ3n) is 5.54. The molecule has 0 spiro atoms. The maximum atomic E-state index is 12.7. The summed E-state index contributed by atoms with van der Waals surface area (Å²) in [7, 11) is 1.66. The summed E-state index contributed by atoms with van der Waals surface area (Å²) >= 11 is 3.10. The molecule has 3 aromatic rings. The van der Waals surface area contributed by atoms with Gasteiger partial charge in [-0.25, -0.2) is 4.99 Å². The summed E-state index contributed by atoms with van der Waals surface area (Å²) in [6.45, 7) is 4.16. The number of benzene rings is 3. The Morgan fingerprint density at radius 2 is 1.74 bits per heavy atom. The fraction of sp³-hybridized carbons (Fsp3) is 0.222. The average Bonchev–Trinajstić information content (AvgIpc) is 3.02. The molecule has 0 radical (unpaired) electrons. The lowest BCUT2D eigenvalue weighted by Crippen LogP contribution is -2.16. The first kappa shape index (κ1) is 24.1. The van der Waals surface area contributed by atoms with Crippen LogP contribution in [0.4, 0.5) is 17.1 Å². The fourth-order valence-corrected chi connectivity index (χ4v) is 4.80. The van der Waals surface area contributed by atoms with Crippen molar-refractivity contribution in [2.75, 3.05) is 24.4 Å². The van der Waals surface area contributed by atoms with E-state index in [2.05, 4.69) is 31.3 Å². The zero-order valence-corrected chi connectivity index (χ0v) is 21.3. The Labute approximate surface area is 209 Å². The maximum absolute atomic E-state index is 12.7. The van der Waals surface area contributed by atoms with Crippen LogP contribution in [-0.2, 0) is 4.79 Å². The predicted molar refractivity (Wildman–Crippen MR) is 146 cm³/mol. The summed E-state index contributed by atoms with van der Waals surface area (Å²) in [6.07, 6.45) is 2.56. The molecule has 34 heavy (non-hydrogen) atoms. The van der Waals surface area contributed by atoms with Gasteiger partial charge >= 0.3 is 0 Å². The number of carbonyl (C=O) groups is 1. The molecule has 0 aromatic heterocycles. The van der Waals surface area contributed by atoms with Gasteiger partial charge in [0.15, 0.2) is 0 Å². The largest absolute Gasteiger partial charge is 0.497 e. The van der Waals surface area contributed by atoms with E-state index in [0.717, 1.165) is 44.0 Å². The molecule has 4 rings (SSSR count). The van der Waals surface area contributed by atoms with Crippen LogP contribution < -0.4 is 10.1 Å². The van der Waals surface area contributed by atoms with Crippen LogP contribution in [0.15, 0.2) is 75.5 Å². The van der Waals surface area contributed by atoms with Gasteiger partial charge in [0.1, 0.15) is 5.75 Å². The highest BCUT2D eigenvalue weighted by Crippen LogP contribution is 2.36. The molecule has 1 aliphatic heterocycles. The molecule has 174 valence electrons. The van der Waals surface area contributed by atoms with Crippen molar-refractivity contribution in [3.63, 3.8) is 0 Å². The van der Waals surface area contributed by atoms with Gasteiger partial charge in [0.05, 0.1) is 35.0 Å². The second-order valence-corrected chi connectivity index (χ2v) is 9.90. The van der Waals surface area contributed by atoms with Crippen LogP contribution in [0.2, 0.25) is 0 Å². The zero-order valence-electron chi connectivity index (χ0n) is 19.7. The zero-order chi connectivity index (χ0) is 24.1. The summed E-state index contributed by atoms with van der Waals surface area (Å²) < 4.78 is 5.42. The Hall–Kier alpha value is -3.03. The number of aliphatic imine (C=N–C) groups is 2. The lowest BCUT2D eigenvalue weighted by Gasteiger charge is -2.10. The Balaban J connectivity index is 1.58. The van der Waals surface area contributed by atoms with Crippen LogP contribution in [0.3, 0.4) is 0 Å². The minimum atomic E-state index is -0.0598. The first-order valence-electron chi connectivity index (χ1n) is 10.9. The van der Waals surface area contributed by atoms with Crippen molar-refractivity contribution in [1.29, 1.82) is 0 Å². The van der Waals surface area contributed by atoms with Crippen molar-refractivity contribution in [3.8, 4) is 5.75 Å². The van der Waals surface area contributed by atoms with Gasteiger partial charge in [0.2, 0.25) is 5.91 Å². The van der Waals surface area contributed by atoms with E-state index >= 15 is 0 Å². The molecule has 1 aliphatic rings. The molecule has 1 heterocycles. The Morgan fingerprint density at radius 3 is 2.47 bits per heavy atom. The smallest absolute Gasteiger partial charge is 0.234 e. The summed E-state index contributed by atoms with van der Waals surface area (Å²) in [5.74, 6) is 0.992. The second-order valence-electron chi connectivity index (χ2n) is 7.97. The van der Waals surface area contributed by atoms with Gasteiger partial charge < -0.3 is 10.1 Å². The molecule has 5 nitrogen and oxygen atoms in total. The van der Waals surface area contributed by atoms with Crippen molar-refractivity contribution < 1.29 is 9.53 Å². The molecule has 1 amide bonds. The number of amides is 1. The summed E-state index contributed by atoms with van der Waals surface area (Å²) in [5.41, 5.74) is 6.70. The van der Waals surface area contributed by atoms with Crippen LogP contribution in [0.1, 0.15) is 23.1 Å². The van der Waals surface area contributed by atoms with Gasteiger partial charge in [-0.2, -0.15) is 0 Å². The van der Waals surface area contributed by atoms with E-state index in [1.165, 1.54) is 22.9 Å². The Morgan fingerprint density at radius 1 is 1.00 bits per heavy atom. The van der Waals surface area contributed by atoms with E-state index in [4.69, 9.17) is 14.7 Å². The number of anilines is 1. The van der Waals surface area contributed by atoms with E-state index in [1.807, 2.05) is 54.8 Å². The van der Waals surface area contributed by atoms with Crippen LogP contribution in [0.25, 0.3) is 0 Å². The first-order chi connectivity index (χ1) is 16.4. The first-order valence-corrected chi connectivity index (χ1v) is 13.1. The van der Waals surface area contributed by atoms with Crippen LogP contribution >= 0.6 is 23.5 Å². The highest BCUT2D eigenvalue weighted by atomic mass is 32.2. The lowest BCUT2D eigenvalue weighted by molar-refractivity contribution is -0.113. The van der Waals surface area contributed by atoms with E-state index in [9.17, 15) is 4.79 Å². The Kier molecular flexibility index (Phi) is 7.75. The topological polar surface area (TPSA) is 63.1 Å². The molecular weight excluding hydrogens is 462 g/mol. The molecule has 3 aromatic carbocycles. The van der Waals surface area contributed by atoms with Gasteiger partial charge in [-0.05, 0) is 73.7 Å². The van der Waals surface area contributed by atoms with Gasteiger partial charge in [-0.3, -0.25) is 9.79 Å². The third-order valence-corrected chi connectivity index (χ3v) is 7.24. The van der Waals surface area contributed by atoms with Crippen molar-refractivity contribution >= 4 is 57.2 Å². The van der Waals surface area contributed by atoms with Crippen LogP contribution in [0, 0.1) is 13.8 Å². The van der Waals surface area contributed by atoms with E-state index in [0.29, 0.717) is 6.42 Å². The highest BCUT2D eigenvalue weighted by molar-refractivity contribution is 8.14. The molecule has 0 saturated carbocycles. The molecule has 0 atom stereocenters. The number of carbonyl (C=O) groups excluding carboxylic acids is 1. The number of hydrogen-bond acceptors (Lipinski definition) is 6. The molecule has 0 unspecified atom stereocenters. The average molecular weight is 490 g/mol. The quantitative estimate of drug-likeness (QED) is 0.380. The van der Waals surface area contributed by atoms with Crippen LogP contribution in [0.5, 0.6) is 5.75 Å². The van der Waals surface area contributed by atoms with Gasteiger partial charge in [-0.1, -0.05) is 18.2 Å². The molecule has 0 fully saturated rings. The number of nitrogens with one attached hydrogen (secondary N) is 1. The number of methoxy groups -OCH3 is 1. The highest BCUT2D eigenvalue weighted by Gasteiger charge is 2.18. The number of rotatable bonds is 6. The molecule has 0 aliphatic carbocycles. The summed E-state index contributed by atoms with van der Waals surface area (Å²) in [4.78, 5) is 23.7. The lowest BCUT2D eigenvalue weighted by atomic mass is 10.1. The molecule has 0 saturated heterocycles.